The van der Waals surface area contributed by atoms with Gasteiger partial charge in [-0.3, -0.25) is 4.98 Å². The van der Waals surface area contributed by atoms with Crippen molar-refractivity contribution in [1.82, 2.24) is 9.97 Å². The number of nitrogens with two attached hydrogens (primary N) is 1. The zero-order chi connectivity index (χ0) is 20.8. The first kappa shape index (κ1) is 19.8. The summed E-state index contributed by atoms with van der Waals surface area (Å²) in [5.41, 5.74) is 13.3. The summed E-state index contributed by atoms with van der Waals surface area (Å²) in [5.74, 6) is 0.821. The minimum atomic E-state index is 0.00928. The third-order valence-electron chi connectivity index (χ3n) is 5.11. The third-order valence-corrected chi connectivity index (χ3v) is 5.11. The quantitative estimate of drug-likeness (QED) is 0.458. The van der Waals surface area contributed by atoms with E-state index in [-0.39, 0.29) is 6.04 Å². The molecule has 0 aliphatic heterocycles. The van der Waals surface area contributed by atoms with Crippen molar-refractivity contribution in [3.63, 3.8) is 0 Å². The number of pyridine rings is 2. The Kier molecular flexibility index (Phi) is 6.16. The maximum absolute atomic E-state index is 6.34. The van der Waals surface area contributed by atoms with Gasteiger partial charge in [-0.2, -0.15) is 0 Å². The van der Waals surface area contributed by atoms with Gasteiger partial charge in [-0.25, -0.2) is 4.98 Å². The number of hydrogen-bond acceptors (Lipinski definition) is 4. The molecule has 150 valence electrons. The molecule has 0 saturated carbocycles. The average Bonchev–Trinajstić information content (AvgIpc) is 2.79. The zero-order valence-electron chi connectivity index (χ0n) is 17.1. The summed E-state index contributed by atoms with van der Waals surface area (Å²) < 4.78 is 0. The minimum absolute atomic E-state index is 0.00928. The van der Waals surface area contributed by atoms with Crippen LogP contribution in [0.25, 0.3) is 22.3 Å². The van der Waals surface area contributed by atoms with Crippen molar-refractivity contribution in [3.8, 4) is 22.3 Å². The van der Waals surface area contributed by atoms with E-state index < -0.39 is 0 Å². The molecule has 0 radical (unpaired) electrons. The van der Waals surface area contributed by atoms with Gasteiger partial charge in [0.25, 0.3) is 0 Å². The van der Waals surface area contributed by atoms with Crippen molar-refractivity contribution >= 4 is 5.82 Å². The van der Waals surface area contributed by atoms with Crippen LogP contribution in [0.2, 0.25) is 0 Å². The highest BCUT2D eigenvalue weighted by atomic mass is 15.0. The van der Waals surface area contributed by atoms with E-state index in [4.69, 9.17) is 5.73 Å². The van der Waals surface area contributed by atoms with Crippen LogP contribution in [-0.4, -0.2) is 22.6 Å². The molecule has 0 fully saturated rings. The second-order valence-corrected chi connectivity index (χ2v) is 7.55. The number of hydrogen-bond donors (Lipinski definition) is 2. The standard InChI is InChI=1S/C26H26N4/c1-19-6-5-9-22(14-19)25-18-30-26(16-24(25)21-10-12-28-13-11-21)29-17-23(27)15-20-7-3-2-4-8-20/h2-14,16,18,23H,15,17,27H2,1H3,(H,29,30). The van der Waals surface area contributed by atoms with Crippen molar-refractivity contribution in [2.75, 3.05) is 11.9 Å². The lowest BCUT2D eigenvalue weighted by atomic mass is 9.96. The van der Waals surface area contributed by atoms with Crippen LogP contribution >= 0.6 is 0 Å². The fourth-order valence-corrected chi connectivity index (χ4v) is 3.59. The van der Waals surface area contributed by atoms with Crippen molar-refractivity contribution in [2.24, 2.45) is 5.73 Å². The first-order valence-electron chi connectivity index (χ1n) is 10.2. The van der Waals surface area contributed by atoms with Crippen LogP contribution in [0.3, 0.4) is 0 Å². The first-order valence-corrected chi connectivity index (χ1v) is 10.2. The normalized spacial score (nSPS) is 11.8. The van der Waals surface area contributed by atoms with Gasteiger partial charge in [0.05, 0.1) is 0 Å². The van der Waals surface area contributed by atoms with Crippen LogP contribution in [0, 0.1) is 6.92 Å². The third kappa shape index (κ3) is 4.91. The molecule has 0 aliphatic rings. The van der Waals surface area contributed by atoms with Crippen LogP contribution in [0.15, 0.2) is 91.4 Å². The highest BCUT2D eigenvalue weighted by Crippen LogP contribution is 2.33. The topological polar surface area (TPSA) is 63.8 Å². The van der Waals surface area contributed by atoms with Gasteiger partial charge in [-0.1, -0.05) is 60.2 Å². The smallest absolute Gasteiger partial charge is 0.126 e. The highest BCUT2D eigenvalue weighted by Gasteiger charge is 2.11. The van der Waals surface area contributed by atoms with Gasteiger partial charge in [0.2, 0.25) is 0 Å². The van der Waals surface area contributed by atoms with E-state index in [1.807, 2.05) is 48.9 Å². The molecule has 1 unspecified atom stereocenters. The van der Waals surface area contributed by atoms with Crippen LogP contribution in [-0.2, 0) is 6.42 Å². The fourth-order valence-electron chi connectivity index (χ4n) is 3.59. The summed E-state index contributed by atoms with van der Waals surface area (Å²) in [7, 11) is 0. The van der Waals surface area contributed by atoms with Crippen molar-refractivity contribution in [3.05, 3.63) is 103 Å². The van der Waals surface area contributed by atoms with E-state index in [1.165, 1.54) is 11.1 Å². The Hall–Kier alpha value is -3.50. The lowest BCUT2D eigenvalue weighted by Gasteiger charge is -2.16. The number of aryl methyl sites for hydroxylation is 1. The number of anilines is 1. The molecule has 2 aromatic carbocycles. The summed E-state index contributed by atoms with van der Waals surface area (Å²) in [6.45, 7) is 2.76. The lowest BCUT2D eigenvalue weighted by Crippen LogP contribution is -2.31. The Balaban J connectivity index is 1.58. The molecular weight excluding hydrogens is 368 g/mol. The number of benzene rings is 2. The van der Waals surface area contributed by atoms with Gasteiger partial charge in [0.15, 0.2) is 0 Å². The average molecular weight is 395 g/mol. The molecule has 0 amide bonds. The predicted molar refractivity (Wildman–Crippen MR) is 124 cm³/mol. The molecule has 0 saturated heterocycles. The van der Waals surface area contributed by atoms with E-state index in [0.29, 0.717) is 6.54 Å². The molecule has 4 heteroatoms. The van der Waals surface area contributed by atoms with E-state index in [9.17, 15) is 0 Å². The summed E-state index contributed by atoms with van der Waals surface area (Å²) in [4.78, 5) is 8.83. The van der Waals surface area contributed by atoms with Crippen molar-refractivity contribution in [1.29, 1.82) is 0 Å². The molecule has 0 bridgehead atoms. The molecule has 30 heavy (non-hydrogen) atoms. The van der Waals surface area contributed by atoms with Crippen LogP contribution in [0.1, 0.15) is 11.1 Å². The maximum Gasteiger partial charge on any atom is 0.126 e. The largest absolute Gasteiger partial charge is 0.368 e. The van der Waals surface area contributed by atoms with E-state index >= 15 is 0 Å². The van der Waals surface area contributed by atoms with Crippen LogP contribution in [0.4, 0.5) is 5.82 Å². The number of rotatable bonds is 7. The number of aromatic nitrogens is 2. The second kappa shape index (κ2) is 9.33. The van der Waals surface area contributed by atoms with Gasteiger partial charge < -0.3 is 11.1 Å². The molecule has 3 N–H and O–H groups in total. The number of nitrogens with one attached hydrogen (secondary N) is 1. The molecule has 0 aliphatic carbocycles. The van der Waals surface area contributed by atoms with E-state index in [2.05, 4.69) is 64.7 Å². The van der Waals surface area contributed by atoms with Gasteiger partial charge in [0, 0.05) is 36.7 Å². The van der Waals surface area contributed by atoms with Gasteiger partial charge in [-0.15, -0.1) is 0 Å². The first-order chi connectivity index (χ1) is 14.7. The predicted octanol–water partition coefficient (Wildman–Crippen LogP) is 5.10. The van der Waals surface area contributed by atoms with Gasteiger partial charge in [-0.05, 0) is 53.8 Å². The molecule has 0 spiro atoms. The van der Waals surface area contributed by atoms with Gasteiger partial charge in [0.1, 0.15) is 5.82 Å². The van der Waals surface area contributed by atoms with Crippen molar-refractivity contribution < 1.29 is 0 Å². The Labute approximate surface area is 177 Å². The fraction of sp³-hybridized carbons (Fsp3) is 0.154. The Morgan fingerprint density at radius 2 is 1.67 bits per heavy atom. The van der Waals surface area contributed by atoms with Crippen molar-refractivity contribution in [2.45, 2.75) is 19.4 Å². The zero-order valence-corrected chi connectivity index (χ0v) is 17.1. The SMILES string of the molecule is Cc1cccc(-c2cnc(NCC(N)Cc3ccccc3)cc2-c2ccncc2)c1. The van der Waals surface area contributed by atoms with E-state index in [0.717, 1.165) is 34.5 Å². The Morgan fingerprint density at radius 1 is 0.867 bits per heavy atom. The maximum atomic E-state index is 6.34. The Morgan fingerprint density at radius 3 is 2.43 bits per heavy atom. The molecule has 2 heterocycles. The number of nitrogens with zero attached hydrogens (tertiary/aromatic N) is 2. The molecule has 1 atom stereocenters. The monoisotopic (exact) mass is 394 g/mol. The van der Waals surface area contributed by atoms with Gasteiger partial charge >= 0.3 is 0 Å². The summed E-state index contributed by atoms with van der Waals surface area (Å²) in [6, 6.07) is 25.0. The minimum Gasteiger partial charge on any atom is -0.368 e. The molecular formula is C26H26N4. The van der Waals surface area contributed by atoms with Crippen LogP contribution < -0.4 is 11.1 Å². The summed E-state index contributed by atoms with van der Waals surface area (Å²) in [6.07, 6.45) is 6.40. The van der Waals surface area contributed by atoms with E-state index in [1.54, 1.807) is 0 Å². The molecule has 4 rings (SSSR count). The second-order valence-electron chi connectivity index (χ2n) is 7.55. The lowest BCUT2D eigenvalue weighted by molar-refractivity contribution is 0.698. The Bertz CT molecular complexity index is 1090. The summed E-state index contributed by atoms with van der Waals surface area (Å²) >= 11 is 0. The molecule has 2 aromatic heterocycles. The highest BCUT2D eigenvalue weighted by molar-refractivity contribution is 5.84. The molecule has 4 nitrogen and oxygen atoms in total. The molecule has 4 aromatic rings. The van der Waals surface area contributed by atoms with Crippen LogP contribution in [0.5, 0.6) is 0 Å². The summed E-state index contributed by atoms with van der Waals surface area (Å²) in [5, 5.41) is 3.41.